The summed E-state index contributed by atoms with van der Waals surface area (Å²) in [5, 5.41) is 18.3. The monoisotopic (exact) mass is 316 g/mol. The second-order valence-corrected chi connectivity index (χ2v) is 5.89. The van der Waals surface area contributed by atoms with Gasteiger partial charge in [0.05, 0.1) is 19.3 Å². The van der Waals surface area contributed by atoms with Gasteiger partial charge in [-0.3, -0.25) is 0 Å². The summed E-state index contributed by atoms with van der Waals surface area (Å²) in [5.74, 6) is 0. The molecule has 0 bridgehead atoms. The SMILES string of the molecule is O=C(OCc1ccccc1)N1CCCC(O)(Cn2ccnn2)C1. The molecule has 1 unspecified atom stereocenters. The number of hydrogen-bond acceptors (Lipinski definition) is 5. The van der Waals surface area contributed by atoms with E-state index in [1.165, 1.54) is 0 Å². The van der Waals surface area contributed by atoms with Gasteiger partial charge in [0, 0.05) is 12.7 Å². The average Bonchev–Trinajstić information content (AvgIpc) is 3.06. The van der Waals surface area contributed by atoms with Gasteiger partial charge in [-0.05, 0) is 18.4 Å². The van der Waals surface area contributed by atoms with E-state index in [-0.39, 0.29) is 13.2 Å². The normalized spacial score (nSPS) is 21.2. The summed E-state index contributed by atoms with van der Waals surface area (Å²) in [6, 6.07) is 9.54. The van der Waals surface area contributed by atoms with Gasteiger partial charge in [0.15, 0.2) is 0 Å². The summed E-state index contributed by atoms with van der Waals surface area (Å²) >= 11 is 0. The summed E-state index contributed by atoms with van der Waals surface area (Å²) in [4.78, 5) is 13.8. The first-order chi connectivity index (χ1) is 11.1. The van der Waals surface area contributed by atoms with E-state index in [4.69, 9.17) is 4.74 Å². The first-order valence-electron chi connectivity index (χ1n) is 7.67. The zero-order valence-electron chi connectivity index (χ0n) is 12.8. The minimum absolute atomic E-state index is 0.234. The summed E-state index contributed by atoms with van der Waals surface area (Å²) in [7, 11) is 0. The molecule has 1 aromatic carbocycles. The van der Waals surface area contributed by atoms with E-state index in [9.17, 15) is 9.90 Å². The standard InChI is InChI=1S/C16H20N4O3/c21-15(23-11-14-5-2-1-3-6-14)19-9-4-7-16(22,12-19)13-20-10-8-17-18-20/h1-3,5-6,8,10,22H,4,7,9,11-13H2. The third-order valence-electron chi connectivity index (χ3n) is 3.95. The fourth-order valence-corrected chi connectivity index (χ4v) is 2.83. The molecule has 0 aliphatic carbocycles. The minimum atomic E-state index is -1.00. The van der Waals surface area contributed by atoms with Crippen LogP contribution in [-0.4, -0.2) is 49.8 Å². The van der Waals surface area contributed by atoms with Crippen LogP contribution in [-0.2, 0) is 17.9 Å². The van der Waals surface area contributed by atoms with Gasteiger partial charge in [-0.25, -0.2) is 9.48 Å². The summed E-state index contributed by atoms with van der Waals surface area (Å²) in [6.45, 7) is 1.38. The molecule has 122 valence electrons. The van der Waals surface area contributed by atoms with Gasteiger partial charge >= 0.3 is 6.09 Å². The second-order valence-electron chi connectivity index (χ2n) is 5.89. The number of hydrogen-bond donors (Lipinski definition) is 1. The van der Waals surface area contributed by atoms with Crippen LogP contribution in [0.2, 0.25) is 0 Å². The van der Waals surface area contributed by atoms with Crippen molar-refractivity contribution in [3.63, 3.8) is 0 Å². The molecule has 0 spiro atoms. The van der Waals surface area contributed by atoms with Crippen molar-refractivity contribution >= 4 is 6.09 Å². The van der Waals surface area contributed by atoms with Crippen molar-refractivity contribution in [3.05, 3.63) is 48.3 Å². The topological polar surface area (TPSA) is 80.5 Å². The van der Waals surface area contributed by atoms with Crippen molar-refractivity contribution in [2.24, 2.45) is 0 Å². The summed E-state index contributed by atoms with van der Waals surface area (Å²) in [6.07, 6.45) is 4.22. The van der Waals surface area contributed by atoms with Crippen molar-refractivity contribution in [1.82, 2.24) is 19.9 Å². The molecule has 1 aliphatic heterocycles. The van der Waals surface area contributed by atoms with Crippen LogP contribution in [0.15, 0.2) is 42.7 Å². The predicted molar refractivity (Wildman–Crippen MR) is 82.4 cm³/mol. The minimum Gasteiger partial charge on any atom is -0.445 e. The highest BCUT2D eigenvalue weighted by molar-refractivity contribution is 5.67. The number of carbonyl (C=O) groups excluding carboxylic acids is 1. The summed E-state index contributed by atoms with van der Waals surface area (Å²) < 4.78 is 6.92. The number of ether oxygens (including phenoxy) is 1. The van der Waals surface area contributed by atoms with Gasteiger partial charge in [-0.2, -0.15) is 0 Å². The van der Waals surface area contributed by atoms with Crippen molar-refractivity contribution in [1.29, 1.82) is 0 Å². The van der Waals surface area contributed by atoms with Crippen molar-refractivity contribution in [3.8, 4) is 0 Å². The lowest BCUT2D eigenvalue weighted by atomic mass is 9.93. The molecule has 2 aromatic rings. The fraction of sp³-hybridized carbons (Fsp3) is 0.438. The Morgan fingerprint density at radius 1 is 1.35 bits per heavy atom. The zero-order valence-corrected chi connectivity index (χ0v) is 12.8. The Hall–Kier alpha value is -2.41. The maximum absolute atomic E-state index is 12.2. The van der Waals surface area contributed by atoms with Gasteiger partial charge in [0.2, 0.25) is 0 Å². The molecule has 7 nitrogen and oxygen atoms in total. The van der Waals surface area contributed by atoms with E-state index >= 15 is 0 Å². The van der Waals surface area contributed by atoms with E-state index in [0.717, 1.165) is 12.0 Å². The number of benzene rings is 1. The molecule has 1 aliphatic rings. The van der Waals surface area contributed by atoms with E-state index in [2.05, 4.69) is 10.3 Å². The molecular weight excluding hydrogens is 296 g/mol. The highest BCUT2D eigenvalue weighted by Crippen LogP contribution is 2.23. The van der Waals surface area contributed by atoms with Crippen LogP contribution >= 0.6 is 0 Å². The number of likely N-dealkylation sites (tertiary alicyclic amines) is 1. The average molecular weight is 316 g/mol. The molecule has 1 aromatic heterocycles. The number of β-amino-alcohol motifs (C(OH)–C–C–N with tert-alkyl or cyclic N) is 1. The Morgan fingerprint density at radius 2 is 2.17 bits per heavy atom. The maximum atomic E-state index is 12.2. The van der Waals surface area contributed by atoms with Gasteiger partial charge in [0.25, 0.3) is 0 Å². The summed E-state index contributed by atoms with van der Waals surface area (Å²) in [5.41, 5.74) is -0.0618. The third kappa shape index (κ3) is 4.07. The highest BCUT2D eigenvalue weighted by atomic mass is 16.6. The number of nitrogens with zero attached hydrogens (tertiary/aromatic N) is 4. The van der Waals surface area contributed by atoms with Gasteiger partial charge in [-0.1, -0.05) is 35.5 Å². The molecule has 3 rings (SSSR count). The molecule has 23 heavy (non-hydrogen) atoms. The lowest BCUT2D eigenvalue weighted by molar-refractivity contribution is -0.0441. The molecule has 1 N–H and O–H groups in total. The van der Waals surface area contributed by atoms with E-state index < -0.39 is 11.7 Å². The quantitative estimate of drug-likeness (QED) is 0.923. The molecular formula is C16H20N4O3. The number of aromatic nitrogens is 3. The lowest BCUT2D eigenvalue weighted by Crippen LogP contribution is -2.52. The third-order valence-corrected chi connectivity index (χ3v) is 3.95. The Kier molecular flexibility index (Phi) is 4.57. The van der Waals surface area contributed by atoms with E-state index in [1.807, 2.05) is 30.3 Å². The first kappa shape index (κ1) is 15.5. The van der Waals surface area contributed by atoms with Gasteiger partial charge in [-0.15, -0.1) is 5.10 Å². The predicted octanol–water partition coefficient (Wildman–Crippen LogP) is 1.44. The highest BCUT2D eigenvalue weighted by Gasteiger charge is 2.36. The zero-order chi connectivity index (χ0) is 16.1. The largest absolute Gasteiger partial charge is 0.445 e. The fourth-order valence-electron chi connectivity index (χ4n) is 2.83. The molecule has 1 fully saturated rings. The molecule has 2 heterocycles. The van der Waals surface area contributed by atoms with Crippen LogP contribution in [0, 0.1) is 0 Å². The number of aliphatic hydroxyl groups is 1. The molecule has 1 amide bonds. The van der Waals surface area contributed by atoms with Crippen molar-refractivity contribution in [2.45, 2.75) is 31.6 Å². The first-order valence-corrected chi connectivity index (χ1v) is 7.67. The molecule has 7 heteroatoms. The molecule has 0 radical (unpaired) electrons. The Balaban J connectivity index is 1.56. The van der Waals surface area contributed by atoms with E-state index in [0.29, 0.717) is 19.5 Å². The van der Waals surface area contributed by atoms with Gasteiger partial charge in [0.1, 0.15) is 12.2 Å². The van der Waals surface area contributed by atoms with Crippen LogP contribution in [0.5, 0.6) is 0 Å². The maximum Gasteiger partial charge on any atom is 0.410 e. The molecule has 1 saturated heterocycles. The lowest BCUT2D eigenvalue weighted by Gasteiger charge is -2.38. The smallest absolute Gasteiger partial charge is 0.410 e. The van der Waals surface area contributed by atoms with Crippen molar-refractivity contribution in [2.75, 3.05) is 13.1 Å². The van der Waals surface area contributed by atoms with Crippen LogP contribution in [0.4, 0.5) is 4.79 Å². The van der Waals surface area contributed by atoms with Gasteiger partial charge < -0.3 is 14.7 Å². The molecule has 0 saturated carbocycles. The second kappa shape index (κ2) is 6.78. The number of amides is 1. The van der Waals surface area contributed by atoms with Crippen molar-refractivity contribution < 1.29 is 14.6 Å². The number of rotatable bonds is 4. The van der Waals surface area contributed by atoms with Crippen LogP contribution in [0.3, 0.4) is 0 Å². The van der Waals surface area contributed by atoms with Crippen LogP contribution in [0.25, 0.3) is 0 Å². The van der Waals surface area contributed by atoms with Crippen LogP contribution < -0.4 is 0 Å². The molecule has 1 atom stereocenters. The number of piperidine rings is 1. The van der Waals surface area contributed by atoms with E-state index in [1.54, 1.807) is 22.0 Å². The van der Waals surface area contributed by atoms with Crippen LogP contribution in [0.1, 0.15) is 18.4 Å². The Morgan fingerprint density at radius 3 is 2.91 bits per heavy atom. The number of carbonyl (C=O) groups is 1. The Bertz CT molecular complexity index is 632. The Labute approximate surface area is 134 Å².